The highest BCUT2D eigenvalue weighted by atomic mass is 32.2. The van der Waals surface area contributed by atoms with E-state index in [1.54, 1.807) is 0 Å². The Bertz CT molecular complexity index is 769. The third kappa shape index (κ3) is 17.4. The van der Waals surface area contributed by atoms with Crippen LogP contribution in [-0.4, -0.2) is 45.7 Å². The molecule has 0 heterocycles. The van der Waals surface area contributed by atoms with E-state index in [-0.39, 0.29) is 24.7 Å². The Balaban J connectivity index is 1.97. The van der Waals surface area contributed by atoms with Crippen LogP contribution in [0.2, 0.25) is 0 Å². The first kappa shape index (κ1) is 33.0. The molecule has 0 fully saturated rings. The van der Waals surface area contributed by atoms with Gasteiger partial charge in [0.1, 0.15) is 11.9 Å². The minimum atomic E-state index is -3.50. The van der Waals surface area contributed by atoms with Crippen molar-refractivity contribution in [2.75, 3.05) is 26.1 Å². The minimum Gasteiger partial charge on any atom is -0.394 e. The molecule has 7 heteroatoms. The molecule has 0 saturated heterocycles. The summed E-state index contributed by atoms with van der Waals surface area (Å²) in [5, 5.41) is 9.51. The molecule has 36 heavy (non-hydrogen) atoms. The molecule has 0 amide bonds. The van der Waals surface area contributed by atoms with Gasteiger partial charge in [0, 0.05) is 12.9 Å². The standard InChI is InChI=1S/C29H51FO5S/c1-3-4-5-6-7-8-9-10-11-12-13-14-15-16-17-18-19-34-25-28(23-31)35-24-26-20-27(30)22-29(21-26)36(2,32)33/h20-22,28,31H,3-19,23-25H2,1-2H3/t28-/m0/s1. The van der Waals surface area contributed by atoms with Gasteiger partial charge in [0.15, 0.2) is 9.84 Å². The fourth-order valence-corrected chi connectivity index (χ4v) is 4.94. The van der Waals surface area contributed by atoms with E-state index in [9.17, 15) is 17.9 Å². The lowest BCUT2D eigenvalue weighted by molar-refractivity contribution is -0.0503. The average molecular weight is 531 g/mol. The van der Waals surface area contributed by atoms with Gasteiger partial charge in [-0.2, -0.15) is 0 Å². The Labute approximate surface area is 220 Å². The number of aliphatic hydroxyl groups excluding tert-OH is 1. The number of hydrogen-bond donors (Lipinski definition) is 1. The Morgan fingerprint density at radius 3 is 1.78 bits per heavy atom. The Hall–Kier alpha value is -1.02. The van der Waals surface area contributed by atoms with Gasteiger partial charge < -0.3 is 14.6 Å². The smallest absolute Gasteiger partial charge is 0.175 e. The molecule has 5 nitrogen and oxygen atoms in total. The summed E-state index contributed by atoms with van der Waals surface area (Å²) in [5.74, 6) is -0.628. The summed E-state index contributed by atoms with van der Waals surface area (Å²) in [6, 6.07) is 3.62. The van der Waals surface area contributed by atoms with Crippen LogP contribution < -0.4 is 0 Å². The van der Waals surface area contributed by atoms with E-state index in [1.807, 2.05) is 0 Å². The zero-order valence-electron chi connectivity index (χ0n) is 22.8. The van der Waals surface area contributed by atoms with Crippen LogP contribution in [0.25, 0.3) is 0 Å². The second-order valence-electron chi connectivity index (χ2n) is 10.1. The summed E-state index contributed by atoms with van der Waals surface area (Å²) in [6.45, 7) is 2.94. The molecule has 0 saturated carbocycles. The Kier molecular flexibility index (Phi) is 19.2. The molecule has 1 aromatic carbocycles. The number of unbranched alkanes of at least 4 members (excludes halogenated alkanes) is 15. The topological polar surface area (TPSA) is 72.8 Å². The maximum atomic E-state index is 13.7. The van der Waals surface area contributed by atoms with Gasteiger partial charge >= 0.3 is 0 Å². The quantitative estimate of drug-likeness (QED) is 0.141. The van der Waals surface area contributed by atoms with Crippen LogP contribution in [0.1, 0.15) is 115 Å². The highest BCUT2D eigenvalue weighted by Crippen LogP contribution is 2.16. The highest BCUT2D eigenvalue weighted by molar-refractivity contribution is 7.90. The van der Waals surface area contributed by atoms with Gasteiger partial charge in [-0.3, -0.25) is 0 Å². The van der Waals surface area contributed by atoms with E-state index in [1.165, 1.54) is 102 Å². The van der Waals surface area contributed by atoms with E-state index < -0.39 is 21.8 Å². The summed E-state index contributed by atoms with van der Waals surface area (Å²) >= 11 is 0. The molecule has 1 rings (SSSR count). The number of sulfone groups is 1. The van der Waals surface area contributed by atoms with Gasteiger partial charge in [0.05, 0.1) is 24.7 Å². The lowest BCUT2D eigenvalue weighted by Crippen LogP contribution is -2.24. The monoisotopic (exact) mass is 530 g/mol. The molecule has 0 aromatic heterocycles. The molecule has 0 aliphatic heterocycles. The molecule has 0 spiro atoms. The molecule has 1 N–H and O–H groups in total. The second kappa shape index (κ2) is 21.0. The third-order valence-electron chi connectivity index (χ3n) is 6.49. The first-order chi connectivity index (χ1) is 17.4. The average Bonchev–Trinajstić information content (AvgIpc) is 2.84. The van der Waals surface area contributed by atoms with E-state index in [0.29, 0.717) is 12.2 Å². The van der Waals surface area contributed by atoms with Gasteiger partial charge in [0.2, 0.25) is 0 Å². The molecule has 1 atom stereocenters. The fourth-order valence-electron chi connectivity index (χ4n) is 4.25. The van der Waals surface area contributed by atoms with Crippen molar-refractivity contribution in [2.24, 2.45) is 0 Å². The summed E-state index contributed by atoms with van der Waals surface area (Å²) < 4.78 is 48.3. The van der Waals surface area contributed by atoms with Crippen molar-refractivity contribution in [3.05, 3.63) is 29.6 Å². The lowest BCUT2D eigenvalue weighted by Gasteiger charge is -2.16. The van der Waals surface area contributed by atoms with E-state index >= 15 is 0 Å². The number of benzene rings is 1. The van der Waals surface area contributed by atoms with Gasteiger partial charge in [-0.1, -0.05) is 103 Å². The van der Waals surface area contributed by atoms with Crippen molar-refractivity contribution in [3.8, 4) is 0 Å². The van der Waals surface area contributed by atoms with Crippen LogP contribution in [0.5, 0.6) is 0 Å². The van der Waals surface area contributed by atoms with Crippen molar-refractivity contribution in [2.45, 2.75) is 127 Å². The first-order valence-corrected chi connectivity index (χ1v) is 16.1. The van der Waals surface area contributed by atoms with Crippen LogP contribution in [0.15, 0.2) is 23.1 Å². The third-order valence-corrected chi connectivity index (χ3v) is 7.59. The van der Waals surface area contributed by atoms with Crippen LogP contribution in [0, 0.1) is 5.82 Å². The number of ether oxygens (including phenoxy) is 2. The minimum absolute atomic E-state index is 0.00785. The van der Waals surface area contributed by atoms with Crippen molar-refractivity contribution in [3.63, 3.8) is 0 Å². The van der Waals surface area contributed by atoms with E-state index in [4.69, 9.17) is 9.47 Å². The van der Waals surface area contributed by atoms with Gasteiger partial charge in [0.25, 0.3) is 0 Å². The molecule has 0 aliphatic carbocycles. The van der Waals surface area contributed by atoms with Crippen molar-refractivity contribution < 1.29 is 27.4 Å². The molecule has 210 valence electrons. The summed E-state index contributed by atoms with van der Waals surface area (Å²) in [7, 11) is -3.50. The molecular formula is C29H51FO5S. The maximum absolute atomic E-state index is 13.7. The molecular weight excluding hydrogens is 479 g/mol. The van der Waals surface area contributed by atoms with Gasteiger partial charge in [-0.25, -0.2) is 12.8 Å². The molecule has 0 bridgehead atoms. The molecule has 0 radical (unpaired) electrons. The van der Waals surface area contributed by atoms with Crippen LogP contribution in [0.4, 0.5) is 4.39 Å². The Morgan fingerprint density at radius 2 is 1.31 bits per heavy atom. The summed E-state index contributed by atoms with van der Waals surface area (Å²) in [6.07, 6.45) is 21.7. The summed E-state index contributed by atoms with van der Waals surface area (Å²) in [5.41, 5.74) is 0.409. The number of rotatable bonds is 24. The number of aliphatic hydroxyl groups is 1. The largest absolute Gasteiger partial charge is 0.394 e. The normalized spacial score (nSPS) is 12.8. The molecule has 0 unspecified atom stereocenters. The predicted molar refractivity (Wildman–Crippen MR) is 146 cm³/mol. The number of hydrogen-bond acceptors (Lipinski definition) is 5. The fraction of sp³-hybridized carbons (Fsp3) is 0.793. The number of halogens is 1. The van der Waals surface area contributed by atoms with Crippen LogP contribution >= 0.6 is 0 Å². The molecule has 1 aromatic rings. The predicted octanol–water partition coefficient (Wildman–Crippen LogP) is 7.38. The highest BCUT2D eigenvalue weighted by Gasteiger charge is 2.13. The van der Waals surface area contributed by atoms with Gasteiger partial charge in [-0.05, 0) is 30.2 Å². The summed E-state index contributed by atoms with van der Waals surface area (Å²) in [4.78, 5) is -0.0820. The molecule has 0 aliphatic rings. The van der Waals surface area contributed by atoms with Crippen molar-refractivity contribution >= 4 is 9.84 Å². The lowest BCUT2D eigenvalue weighted by atomic mass is 10.0. The Morgan fingerprint density at radius 1 is 0.806 bits per heavy atom. The van der Waals surface area contributed by atoms with E-state index in [0.717, 1.165) is 25.2 Å². The zero-order chi connectivity index (χ0) is 26.5. The zero-order valence-corrected chi connectivity index (χ0v) is 23.6. The van der Waals surface area contributed by atoms with Crippen LogP contribution in [-0.2, 0) is 25.9 Å². The first-order valence-electron chi connectivity index (χ1n) is 14.2. The van der Waals surface area contributed by atoms with E-state index in [2.05, 4.69) is 6.92 Å². The SMILES string of the molecule is CCCCCCCCCCCCCCCCCCOC[C@H](CO)OCc1cc(F)cc(S(C)(=O)=O)c1. The van der Waals surface area contributed by atoms with Crippen LogP contribution in [0.3, 0.4) is 0 Å². The van der Waals surface area contributed by atoms with Crippen molar-refractivity contribution in [1.82, 2.24) is 0 Å². The van der Waals surface area contributed by atoms with Crippen molar-refractivity contribution in [1.29, 1.82) is 0 Å². The maximum Gasteiger partial charge on any atom is 0.175 e. The van der Waals surface area contributed by atoms with Gasteiger partial charge in [-0.15, -0.1) is 0 Å². The second-order valence-corrected chi connectivity index (χ2v) is 12.1.